The Kier molecular flexibility index (Phi) is 4.99. The molecule has 8 heteroatoms. The summed E-state index contributed by atoms with van der Waals surface area (Å²) < 4.78 is 7.22. The summed E-state index contributed by atoms with van der Waals surface area (Å²) in [5, 5.41) is 15.0. The third-order valence-electron chi connectivity index (χ3n) is 4.87. The largest absolute Gasteiger partial charge is 0.457 e. The van der Waals surface area contributed by atoms with Gasteiger partial charge in [-0.25, -0.2) is 4.79 Å². The van der Waals surface area contributed by atoms with Gasteiger partial charge in [0, 0.05) is 25.5 Å². The lowest BCUT2D eigenvalue weighted by atomic mass is 9.95. The van der Waals surface area contributed by atoms with E-state index < -0.39 is 12.0 Å². The number of aromatic nitrogens is 4. The van der Waals surface area contributed by atoms with Gasteiger partial charge in [0.1, 0.15) is 12.6 Å². The van der Waals surface area contributed by atoms with Gasteiger partial charge in [-0.2, -0.15) is 4.68 Å². The Morgan fingerprint density at radius 2 is 1.86 bits per heavy atom. The molecule has 1 aliphatic rings. The molecule has 2 heterocycles. The van der Waals surface area contributed by atoms with Crippen LogP contribution in [0.3, 0.4) is 0 Å². The molecule has 0 saturated heterocycles. The van der Waals surface area contributed by atoms with Gasteiger partial charge >= 0.3 is 5.97 Å². The number of carbonyl (C=O) groups excluding carboxylic acids is 1. The maximum Gasteiger partial charge on any atom is 0.338 e. The van der Waals surface area contributed by atoms with E-state index in [1.165, 1.54) is 0 Å². The van der Waals surface area contributed by atoms with Crippen molar-refractivity contribution >= 4 is 17.6 Å². The second-order valence-corrected chi connectivity index (χ2v) is 7.06. The fourth-order valence-electron chi connectivity index (χ4n) is 3.34. The van der Waals surface area contributed by atoms with Crippen LogP contribution in [0, 0.1) is 0 Å². The number of allylic oxidation sites excluding steroid dienone is 1. The molecular weight excluding hydrogens is 368 g/mol. The van der Waals surface area contributed by atoms with E-state index >= 15 is 0 Å². The molecule has 8 nitrogen and oxygen atoms in total. The predicted octanol–water partition coefficient (Wildman–Crippen LogP) is 2.77. The summed E-state index contributed by atoms with van der Waals surface area (Å²) in [6.07, 6.45) is 0. The number of tetrazole rings is 1. The molecule has 0 aliphatic carbocycles. The van der Waals surface area contributed by atoms with Crippen LogP contribution in [-0.2, 0) is 16.1 Å². The third-order valence-corrected chi connectivity index (χ3v) is 4.87. The van der Waals surface area contributed by atoms with Gasteiger partial charge in [-0.1, -0.05) is 47.6 Å². The van der Waals surface area contributed by atoms with Crippen molar-refractivity contribution < 1.29 is 9.53 Å². The first kappa shape index (κ1) is 18.7. The van der Waals surface area contributed by atoms with Gasteiger partial charge in [-0.3, -0.25) is 0 Å². The Hall–Kier alpha value is -3.68. The van der Waals surface area contributed by atoms with Gasteiger partial charge in [0.25, 0.3) is 0 Å². The quantitative estimate of drug-likeness (QED) is 0.671. The van der Waals surface area contributed by atoms with Gasteiger partial charge in [0.2, 0.25) is 5.95 Å². The van der Waals surface area contributed by atoms with Crippen molar-refractivity contribution in [3.8, 4) is 0 Å². The highest BCUT2D eigenvalue weighted by atomic mass is 16.5. The van der Waals surface area contributed by atoms with E-state index in [1.807, 2.05) is 80.5 Å². The van der Waals surface area contributed by atoms with Gasteiger partial charge in [0.05, 0.1) is 5.57 Å². The van der Waals surface area contributed by atoms with Gasteiger partial charge in [0.15, 0.2) is 0 Å². The summed E-state index contributed by atoms with van der Waals surface area (Å²) in [7, 11) is 3.96. The highest BCUT2D eigenvalue weighted by Crippen LogP contribution is 2.35. The van der Waals surface area contributed by atoms with E-state index in [0.717, 1.165) is 16.8 Å². The van der Waals surface area contributed by atoms with Crippen LogP contribution in [0.4, 0.5) is 11.6 Å². The molecule has 1 atom stereocenters. The average molecular weight is 390 g/mol. The first-order chi connectivity index (χ1) is 14.0. The number of anilines is 2. The zero-order valence-electron chi connectivity index (χ0n) is 16.5. The van der Waals surface area contributed by atoms with Gasteiger partial charge < -0.3 is 15.0 Å². The van der Waals surface area contributed by atoms with E-state index in [0.29, 0.717) is 17.2 Å². The zero-order chi connectivity index (χ0) is 20.4. The minimum absolute atomic E-state index is 0.200. The van der Waals surface area contributed by atoms with Crippen LogP contribution < -0.4 is 10.2 Å². The minimum Gasteiger partial charge on any atom is -0.457 e. The number of ether oxygens (including phenoxy) is 1. The number of fused-ring (bicyclic) bond motifs is 1. The molecule has 1 N–H and O–H groups in total. The predicted molar refractivity (Wildman–Crippen MR) is 109 cm³/mol. The first-order valence-corrected chi connectivity index (χ1v) is 9.28. The second-order valence-electron chi connectivity index (χ2n) is 7.06. The van der Waals surface area contributed by atoms with Crippen molar-refractivity contribution in [2.45, 2.75) is 19.6 Å². The van der Waals surface area contributed by atoms with Crippen LogP contribution in [-0.4, -0.2) is 40.3 Å². The summed E-state index contributed by atoms with van der Waals surface area (Å²) in [4.78, 5) is 15.1. The monoisotopic (exact) mass is 390 g/mol. The molecule has 0 amide bonds. The van der Waals surface area contributed by atoms with Crippen molar-refractivity contribution in [3.63, 3.8) is 0 Å². The Morgan fingerprint density at radius 3 is 2.55 bits per heavy atom. The van der Waals surface area contributed by atoms with Crippen LogP contribution in [0.1, 0.15) is 24.1 Å². The average Bonchev–Trinajstić information content (AvgIpc) is 3.20. The number of hydrogen-bond donors (Lipinski definition) is 1. The number of rotatable bonds is 5. The SMILES string of the molecule is CC1=C(C(=O)OCc2ccccc2)C(c2ccc(N(C)C)cc2)n2nnnc2N1. The number of nitrogens with zero attached hydrogens (tertiary/aromatic N) is 5. The number of hydrogen-bond acceptors (Lipinski definition) is 7. The minimum atomic E-state index is -0.472. The molecule has 3 aromatic rings. The molecule has 0 saturated carbocycles. The molecule has 1 unspecified atom stereocenters. The number of esters is 1. The van der Waals surface area contributed by atoms with Crippen molar-refractivity contribution in [2.75, 3.05) is 24.3 Å². The van der Waals surface area contributed by atoms with Crippen molar-refractivity contribution in [2.24, 2.45) is 0 Å². The summed E-state index contributed by atoms with van der Waals surface area (Å²) in [5.41, 5.74) is 4.05. The van der Waals surface area contributed by atoms with Crippen LogP contribution >= 0.6 is 0 Å². The smallest absolute Gasteiger partial charge is 0.338 e. The summed E-state index contributed by atoms with van der Waals surface area (Å²) >= 11 is 0. The maximum atomic E-state index is 13.1. The van der Waals surface area contributed by atoms with Crippen LogP contribution in [0.5, 0.6) is 0 Å². The van der Waals surface area contributed by atoms with E-state index in [9.17, 15) is 4.79 Å². The molecule has 0 fully saturated rings. The Labute approximate surface area is 168 Å². The first-order valence-electron chi connectivity index (χ1n) is 9.28. The van der Waals surface area contributed by atoms with E-state index in [1.54, 1.807) is 4.68 Å². The Balaban J connectivity index is 1.67. The maximum absolute atomic E-state index is 13.1. The van der Waals surface area contributed by atoms with Gasteiger partial charge in [-0.15, -0.1) is 0 Å². The van der Waals surface area contributed by atoms with E-state index in [4.69, 9.17) is 4.74 Å². The molecule has 0 bridgehead atoms. The lowest BCUT2D eigenvalue weighted by Gasteiger charge is -2.27. The lowest BCUT2D eigenvalue weighted by molar-refractivity contribution is -0.140. The molecule has 4 rings (SSSR count). The topological polar surface area (TPSA) is 85.2 Å². The van der Waals surface area contributed by atoms with Crippen LogP contribution in [0.15, 0.2) is 65.9 Å². The Morgan fingerprint density at radius 1 is 1.14 bits per heavy atom. The van der Waals surface area contributed by atoms with Crippen molar-refractivity contribution in [1.82, 2.24) is 20.2 Å². The van der Waals surface area contributed by atoms with Crippen LogP contribution in [0.2, 0.25) is 0 Å². The molecule has 1 aliphatic heterocycles. The summed E-state index contributed by atoms with van der Waals surface area (Å²) in [5.74, 6) is 0.0884. The highest BCUT2D eigenvalue weighted by Gasteiger charge is 2.35. The number of nitrogens with one attached hydrogen (secondary N) is 1. The lowest BCUT2D eigenvalue weighted by Crippen LogP contribution is -2.29. The molecule has 1 aromatic heterocycles. The van der Waals surface area contributed by atoms with Gasteiger partial charge in [-0.05, 0) is 40.6 Å². The standard InChI is InChI=1S/C21H22N6O2/c1-14-18(20(28)29-13-15-7-5-4-6-8-15)19(27-21(22-14)23-24-25-27)16-9-11-17(12-10-16)26(2)3/h4-12,19H,13H2,1-3H3,(H,22,23,25). The fraction of sp³-hybridized carbons (Fsp3) is 0.238. The molecular formula is C21H22N6O2. The summed E-state index contributed by atoms with van der Waals surface area (Å²) in [6.45, 7) is 2.03. The second kappa shape index (κ2) is 7.75. The highest BCUT2D eigenvalue weighted by molar-refractivity contribution is 5.92. The molecule has 148 valence electrons. The van der Waals surface area contributed by atoms with Crippen LogP contribution in [0.25, 0.3) is 0 Å². The molecule has 2 aromatic carbocycles. The zero-order valence-corrected chi connectivity index (χ0v) is 16.5. The fourth-order valence-corrected chi connectivity index (χ4v) is 3.34. The van der Waals surface area contributed by atoms with Crippen molar-refractivity contribution in [3.05, 3.63) is 77.0 Å². The molecule has 0 spiro atoms. The third kappa shape index (κ3) is 3.69. The van der Waals surface area contributed by atoms with E-state index in [2.05, 4.69) is 20.8 Å². The molecule has 29 heavy (non-hydrogen) atoms. The molecule has 0 radical (unpaired) electrons. The summed E-state index contributed by atoms with van der Waals surface area (Å²) in [6, 6.07) is 17.1. The van der Waals surface area contributed by atoms with Crippen molar-refractivity contribution in [1.29, 1.82) is 0 Å². The Bertz CT molecular complexity index is 1040. The number of carbonyl (C=O) groups is 1. The number of benzene rings is 2. The van der Waals surface area contributed by atoms with E-state index in [-0.39, 0.29) is 6.61 Å². The normalized spacial score (nSPS) is 15.5.